The summed E-state index contributed by atoms with van der Waals surface area (Å²) in [6.45, 7) is 0. The Morgan fingerprint density at radius 1 is 0.714 bits per heavy atom. The standard InChI is InChI=1S/C22H22N2O4/c1-27-11-3-5-17-13(7-11)15(9-23-17)19-21(25)20(22(19)26)16-10-24-18-6-4-12(28-2)8-14(16)18/h3-10,19-26H,1-2H3. The average molecular weight is 378 g/mol. The second-order valence-corrected chi connectivity index (χ2v) is 7.34. The van der Waals surface area contributed by atoms with Gasteiger partial charge < -0.3 is 29.7 Å². The van der Waals surface area contributed by atoms with Gasteiger partial charge in [-0.1, -0.05) is 0 Å². The lowest BCUT2D eigenvalue weighted by atomic mass is 9.63. The maximum Gasteiger partial charge on any atom is 0.119 e. The van der Waals surface area contributed by atoms with Crippen molar-refractivity contribution in [2.75, 3.05) is 14.2 Å². The van der Waals surface area contributed by atoms with E-state index >= 15 is 0 Å². The zero-order valence-corrected chi connectivity index (χ0v) is 15.6. The first kappa shape index (κ1) is 17.2. The van der Waals surface area contributed by atoms with Crippen molar-refractivity contribution in [3.05, 3.63) is 59.9 Å². The van der Waals surface area contributed by atoms with Gasteiger partial charge in [0.25, 0.3) is 0 Å². The molecule has 2 aromatic heterocycles. The van der Waals surface area contributed by atoms with E-state index < -0.39 is 12.2 Å². The van der Waals surface area contributed by atoms with E-state index in [0.29, 0.717) is 0 Å². The first-order valence-electron chi connectivity index (χ1n) is 9.28. The van der Waals surface area contributed by atoms with Crippen molar-refractivity contribution >= 4 is 21.8 Å². The van der Waals surface area contributed by atoms with Crippen LogP contribution in [0.15, 0.2) is 48.8 Å². The van der Waals surface area contributed by atoms with Crippen LogP contribution in [0.4, 0.5) is 0 Å². The first-order valence-corrected chi connectivity index (χ1v) is 9.28. The molecule has 0 radical (unpaired) electrons. The quantitative estimate of drug-likeness (QED) is 0.439. The molecular weight excluding hydrogens is 356 g/mol. The van der Waals surface area contributed by atoms with Gasteiger partial charge in [-0.15, -0.1) is 0 Å². The molecule has 0 spiro atoms. The van der Waals surface area contributed by atoms with Gasteiger partial charge in [0.15, 0.2) is 0 Å². The van der Waals surface area contributed by atoms with Gasteiger partial charge in [-0.2, -0.15) is 0 Å². The van der Waals surface area contributed by atoms with Crippen LogP contribution in [0.1, 0.15) is 23.0 Å². The minimum absolute atomic E-state index is 0.360. The summed E-state index contributed by atoms with van der Waals surface area (Å²) in [5.41, 5.74) is 3.72. The van der Waals surface area contributed by atoms with Crippen molar-refractivity contribution < 1.29 is 19.7 Å². The summed E-state index contributed by atoms with van der Waals surface area (Å²) in [5, 5.41) is 23.9. The molecule has 1 aliphatic rings. The van der Waals surface area contributed by atoms with Crippen LogP contribution >= 0.6 is 0 Å². The Bertz CT molecular complexity index is 1060. The molecule has 5 rings (SSSR count). The molecule has 1 fully saturated rings. The summed E-state index contributed by atoms with van der Waals surface area (Å²) in [4.78, 5) is 6.45. The van der Waals surface area contributed by atoms with E-state index in [9.17, 15) is 10.2 Å². The highest BCUT2D eigenvalue weighted by Crippen LogP contribution is 2.51. The molecular formula is C22H22N2O4. The number of fused-ring (bicyclic) bond motifs is 2. The van der Waals surface area contributed by atoms with Gasteiger partial charge in [-0.3, -0.25) is 0 Å². The van der Waals surface area contributed by atoms with Crippen molar-refractivity contribution in [3.63, 3.8) is 0 Å². The van der Waals surface area contributed by atoms with Crippen molar-refractivity contribution in [1.29, 1.82) is 0 Å². The number of rotatable bonds is 4. The maximum atomic E-state index is 11.0. The third kappa shape index (κ3) is 2.35. The normalized spacial score (nSPS) is 24.4. The fourth-order valence-electron chi connectivity index (χ4n) is 4.49. The van der Waals surface area contributed by atoms with Crippen molar-refractivity contribution in [2.45, 2.75) is 24.0 Å². The Kier molecular flexibility index (Phi) is 3.86. The maximum absolute atomic E-state index is 11.0. The van der Waals surface area contributed by atoms with Crippen LogP contribution in [0.3, 0.4) is 0 Å². The van der Waals surface area contributed by atoms with Crippen molar-refractivity contribution in [2.24, 2.45) is 0 Å². The molecule has 0 unspecified atom stereocenters. The van der Waals surface area contributed by atoms with Crippen LogP contribution in [-0.4, -0.2) is 46.6 Å². The summed E-state index contributed by atoms with van der Waals surface area (Å²) in [6.07, 6.45) is 2.36. The van der Waals surface area contributed by atoms with Gasteiger partial charge >= 0.3 is 0 Å². The Morgan fingerprint density at radius 2 is 1.14 bits per heavy atom. The van der Waals surface area contributed by atoms with Crippen LogP contribution in [0, 0.1) is 0 Å². The summed E-state index contributed by atoms with van der Waals surface area (Å²) >= 11 is 0. The fourth-order valence-corrected chi connectivity index (χ4v) is 4.49. The molecule has 6 heteroatoms. The number of aromatic nitrogens is 2. The lowest BCUT2D eigenvalue weighted by Crippen LogP contribution is -2.51. The molecule has 0 bridgehead atoms. The minimum Gasteiger partial charge on any atom is -0.497 e. The number of benzene rings is 2. The molecule has 0 aliphatic heterocycles. The molecule has 2 heterocycles. The number of ether oxygens (including phenoxy) is 2. The molecule has 6 nitrogen and oxygen atoms in total. The molecule has 4 N–H and O–H groups in total. The van der Waals surface area contributed by atoms with E-state index in [1.165, 1.54) is 0 Å². The number of hydrogen-bond acceptors (Lipinski definition) is 4. The van der Waals surface area contributed by atoms with Gasteiger partial charge in [0, 0.05) is 46.0 Å². The molecule has 4 aromatic rings. The summed E-state index contributed by atoms with van der Waals surface area (Å²) < 4.78 is 10.7. The van der Waals surface area contributed by atoms with E-state index in [2.05, 4.69) is 9.97 Å². The molecule has 1 saturated carbocycles. The third-order valence-electron chi connectivity index (χ3n) is 6.03. The topological polar surface area (TPSA) is 90.5 Å². The molecule has 0 saturated heterocycles. The highest BCUT2D eigenvalue weighted by Gasteiger charge is 2.51. The van der Waals surface area contributed by atoms with Crippen LogP contribution < -0.4 is 9.47 Å². The van der Waals surface area contributed by atoms with Crippen molar-refractivity contribution in [1.82, 2.24) is 9.97 Å². The van der Waals surface area contributed by atoms with E-state index in [4.69, 9.17) is 9.47 Å². The zero-order chi connectivity index (χ0) is 19.4. The number of H-pyrrole nitrogens is 2. The summed E-state index contributed by atoms with van der Waals surface area (Å²) in [6, 6.07) is 11.5. The Morgan fingerprint density at radius 3 is 1.54 bits per heavy atom. The van der Waals surface area contributed by atoms with Crippen molar-refractivity contribution in [3.8, 4) is 11.5 Å². The van der Waals surface area contributed by atoms with Gasteiger partial charge in [-0.25, -0.2) is 0 Å². The SMILES string of the molecule is COc1ccc2[nH]cc(C3C(O)C(c4c[nH]c5ccc(OC)cc45)C3O)c2c1. The lowest BCUT2D eigenvalue weighted by molar-refractivity contribution is -0.0775. The fraction of sp³-hybridized carbons (Fsp3) is 0.273. The highest BCUT2D eigenvalue weighted by molar-refractivity contribution is 5.87. The van der Waals surface area contributed by atoms with E-state index in [0.717, 1.165) is 44.4 Å². The number of methoxy groups -OCH3 is 2. The lowest BCUT2D eigenvalue weighted by Gasteiger charge is -2.46. The van der Waals surface area contributed by atoms with E-state index in [-0.39, 0.29) is 11.8 Å². The average Bonchev–Trinajstić information content (AvgIpc) is 3.32. The Labute approximate surface area is 161 Å². The highest BCUT2D eigenvalue weighted by atomic mass is 16.5. The number of hydrogen-bond donors (Lipinski definition) is 4. The van der Waals surface area contributed by atoms with E-state index in [1.807, 2.05) is 48.8 Å². The zero-order valence-electron chi connectivity index (χ0n) is 15.6. The summed E-state index contributed by atoms with van der Waals surface area (Å²) in [7, 11) is 3.25. The molecule has 2 aromatic carbocycles. The Hall–Kier alpha value is -2.96. The monoisotopic (exact) mass is 378 g/mol. The molecule has 28 heavy (non-hydrogen) atoms. The van der Waals surface area contributed by atoms with Gasteiger partial charge in [0.1, 0.15) is 11.5 Å². The predicted octanol–water partition coefficient (Wildman–Crippen LogP) is 3.27. The smallest absolute Gasteiger partial charge is 0.119 e. The second-order valence-electron chi connectivity index (χ2n) is 7.34. The number of aliphatic hydroxyl groups is 2. The number of nitrogens with one attached hydrogen (secondary N) is 2. The molecule has 0 atom stereocenters. The first-order chi connectivity index (χ1) is 13.6. The minimum atomic E-state index is -0.689. The van der Waals surface area contributed by atoms with Crippen LogP contribution in [-0.2, 0) is 0 Å². The largest absolute Gasteiger partial charge is 0.497 e. The van der Waals surface area contributed by atoms with E-state index in [1.54, 1.807) is 14.2 Å². The predicted molar refractivity (Wildman–Crippen MR) is 107 cm³/mol. The van der Waals surface area contributed by atoms with Gasteiger partial charge in [-0.05, 0) is 47.5 Å². The van der Waals surface area contributed by atoms with Crippen LogP contribution in [0.25, 0.3) is 21.8 Å². The van der Waals surface area contributed by atoms with Crippen LogP contribution in [0.5, 0.6) is 11.5 Å². The third-order valence-corrected chi connectivity index (χ3v) is 6.03. The summed E-state index contributed by atoms with van der Waals surface area (Å²) in [5.74, 6) is 0.775. The molecule has 0 amide bonds. The molecule has 1 aliphatic carbocycles. The van der Waals surface area contributed by atoms with Gasteiger partial charge in [0.05, 0.1) is 26.4 Å². The number of aliphatic hydroxyl groups excluding tert-OH is 2. The van der Waals surface area contributed by atoms with Gasteiger partial charge in [0.2, 0.25) is 0 Å². The molecule has 144 valence electrons. The number of aromatic amines is 2. The van der Waals surface area contributed by atoms with Crippen LogP contribution in [0.2, 0.25) is 0 Å². The Balaban J connectivity index is 1.52. The second kappa shape index (κ2) is 6.29.